The first-order valence-electron chi connectivity index (χ1n) is 9.01. The summed E-state index contributed by atoms with van der Waals surface area (Å²) in [6, 6.07) is 9.65. The van der Waals surface area contributed by atoms with E-state index in [4.69, 9.17) is 4.74 Å². The van der Waals surface area contributed by atoms with Crippen molar-refractivity contribution < 1.29 is 4.74 Å². The van der Waals surface area contributed by atoms with E-state index >= 15 is 0 Å². The Morgan fingerprint density at radius 2 is 2.08 bits per heavy atom. The number of rotatable bonds is 10. The summed E-state index contributed by atoms with van der Waals surface area (Å²) in [5, 5.41) is 3.35. The van der Waals surface area contributed by atoms with Gasteiger partial charge in [0.15, 0.2) is 0 Å². The first-order valence-corrected chi connectivity index (χ1v) is 12.7. The van der Waals surface area contributed by atoms with Crippen LogP contribution in [-0.4, -0.2) is 37.8 Å². The molecule has 2 rings (SSSR count). The number of hydrogen-bond donors (Lipinski definition) is 1. The van der Waals surface area contributed by atoms with Crippen molar-refractivity contribution >= 4 is 19.4 Å². The maximum absolute atomic E-state index is 5.78. The molecule has 6 heteroatoms. The standard InChI is InChI=1S/C19H32N4OSi/c1-6-20-17-8-7-9-19(12-17)22(2)13-18-14-23(15-21-18)16-24-10-11-25(3,4)5/h7-9,12,14-15,20H,6,10-11,13,16H2,1-5H3. The highest BCUT2D eigenvalue weighted by Gasteiger charge is 2.12. The number of benzene rings is 1. The fraction of sp³-hybridized carbons (Fsp3) is 0.526. The van der Waals surface area contributed by atoms with Crippen LogP contribution < -0.4 is 10.2 Å². The van der Waals surface area contributed by atoms with Gasteiger partial charge < -0.3 is 19.5 Å². The number of anilines is 2. The Hall–Kier alpha value is -1.79. The predicted molar refractivity (Wildman–Crippen MR) is 109 cm³/mol. The molecule has 0 aliphatic carbocycles. The highest BCUT2D eigenvalue weighted by Crippen LogP contribution is 2.19. The zero-order valence-electron chi connectivity index (χ0n) is 16.2. The largest absolute Gasteiger partial charge is 0.385 e. The van der Waals surface area contributed by atoms with E-state index in [1.807, 2.05) is 10.9 Å². The fourth-order valence-electron chi connectivity index (χ4n) is 2.50. The van der Waals surface area contributed by atoms with Crippen molar-refractivity contribution in [3.05, 3.63) is 42.5 Å². The molecule has 0 bridgehead atoms. The lowest BCUT2D eigenvalue weighted by Gasteiger charge is -2.19. The van der Waals surface area contributed by atoms with E-state index in [0.717, 1.165) is 31.1 Å². The van der Waals surface area contributed by atoms with Gasteiger partial charge in [-0.2, -0.15) is 0 Å². The van der Waals surface area contributed by atoms with Gasteiger partial charge in [-0.15, -0.1) is 0 Å². The van der Waals surface area contributed by atoms with Crippen molar-refractivity contribution in [2.24, 2.45) is 0 Å². The van der Waals surface area contributed by atoms with Crippen LogP contribution in [0, 0.1) is 0 Å². The van der Waals surface area contributed by atoms with Crippen LogP contribution in [0.2, 0.25) is 25.7 Å². The lowest BCUT2D eigenvalue weighted by atomic mass is 10.2. The lowest BCUT2D eigenvalue weighted by molar-refractivity contribution is 0.0871. The minimum absolute atomic E-state index is 0.580. The number of nitrogens with zero attached hydrogens (tertiary/aromatic N) is 3. The van der Waals surface area contributed by atoms with Gasteiger partial charge in [-0.25, -0.2) is 4.98 Å². The van der Waals surface area contributed by atoms with Crippen LogP contribution in [0.1, 0.15) is 12.6 Å². The first-order chi connectivity index (χ1) is 11.9. The van der Waals surface area contributed by atoms with Crippen molar-refractivity contribution in [1.82, 2.24) is 9.55 Å². The lowest BCUT2D eigenvalue weighted by Crippen LogP contribution is -2.21. The molecule has 138 valence electrons. The van der Waals surface area contributed by atoms with Crippen molar-refractivity contribution in [2.75, 3.05) is 30.4 Å². The van der Waals surface area contributed by atoms with Gasteiger partial charge in [-0.1, -0.05) is 25.7 Å². The third kappa shape index (κ3) is 6.92. The van der Waals surface area contributed by atoms with E-state index in [1.54, 1.807) is 0 Å². The van der Waals surface area contributed by atoms with Crippen LogP contribution in [0.5, 0.6) is 0 Å². The summed E-state index contributed by atoms with van der Waals surface area (Å²) in [4.78, 5) is 6.71. The second kappa shape index (κ2) is 9.06. The summed E-state index contributed by atoms with van der Waals surface area (Å²) >= 11 is 0. The summed E-state index contributed by atoms with van der Waals surface area (Å²) in [6.07, 6.45) is 3.92. The van der Waals surface area contributed by atoms with Gasteiger partial charge in [0.1, 0.15) is 6.73 Å². The summed E-state index contributed by atoms with van der Waals surface area (Å²) in [6.45, 7) is 12.3. The summed E-state index contributed by atoms with van der Waals surface area (Å²) in [7, 11) is 1.07. The number of ether oxygens (including phenoxy) is 1. The molecule has 0 fully saturated rings. The zero-order chi connectivity index (χ0) is 18.3. The number of hydrogen-bond acceptors (Lipinski definition) is 4. The predicted octanol–water partition coefficient (Wildman–Crippen LogP) is 4.26. The summed E-state index contributed by atoms with van der Waals surface area (Å²) < 4.78 is 7.79. The van der Waals surface area contributed by atoms with Crippen molar-refractivity contribution in [2.45, 2.75) is 45.9 Å². The van der Waals surface area contributed by atoms with E-state index in [1.165, 1.54) is 11.7 Å². The van der Waals surface area contributed by atoms with Crippen molar-refractivity contribution in [1.29, 1.82) is 0 Å². The Bertz CT molecular complexity index is 651. The molecule has 5 nitrogen and oxygen atoms in total. The first kappa shape index (κ1) is 19.5. The third-order valence-corrected chi connectivity index (χ3v) is 5.69. The van der Waals surface area contributed by atoms with Crippen molar-refractivity contribution in [3.63, 3.8) is 0 Å². The topological polar surface area (TPSA) is 42.3 Å². The Balaban J connectivity index is 1.84. The minimum Gasteiger partial charge on any atom is -0.385 e. The monoisotopic (exact) mass is 360 g/mol. The second-order valence-electron chi connectivity index (χ2n) is 7.66. The number of imidazole rings is 1. The van der Waals surface area contributed by atoms with Gasteiger partial charge in [0.05, 0.1) is 18.6 Å². The Kier molecular flexibility index (Phi) is 7.08. The molecular weight excluding hydrogens is 328 g/mol. The fourth-order valence-corrected chi connectivity index (χ4v) is 3.26. The number of nitrogens with one attached hydrogen (secondary N) is 1. The summed E-state index contributed by atoms with van der Waals surface area (Å²) in [5.74, 6) is 0. The van der Waals surface area contributed by atoms with Gasteiger partial charge in [-0.05, 0) is 31.2 Å². The van der Waals surface area contributed by atoms with Crippen LogP contribution in [0.3, 0.4) is 0 Å². The molecule has 0 saturated heterocycles. The molecule has 25 heavy (non-hydrogen) atoms. The van der Waals surface area contributed by atoms with E-state index in [2.05, 4.69) is 79.3 Å². The third-order valence-electron chi connectivity index (χ3n) is 3.99. The molecule has 1 aromatic carbocycles. The molecule has 1 aromatic heterocycles. The maximum Gasteiger partial charge on any atom is 0.123 e. The molecule has 0 atom stereocenters. The number of aromatic nitrogens is 2. The molecule has 0 amide bonds. The molecular formula is C19H32N4OSi. The van der Waals surface area contributed by atoms with E-state index in [9.17, 15) is 0 Å². The molecule has 1 heterocycles. The molecule has 0 aliphatic heterocycles. The quantitative estimate of drug-likeness (QED) is 0.508. The Morgan fingerprint density at radius 3 is 2.80 bits per heavy atom. The molecule has 0 aliphatic rings. The Morgan fingerprint density at radius 1 is 1.28 bits per heavy atom. The van der Waals surface area contributed by atoms with Gasteiger partial charge in [-0.3, -0.25) is 0 Å². The van der Waals surface area contributed by atoms with E-state index in [-0.39, 0.29) is 0 Å². The average molecular weight is 361 g/mol. The van der Waals surface area contributed by atoms with Crippen molar-refractivity contribution in [3.8, 4) is 0 Å². The highest BCUT2D eigenvalue weighted by atomic mass is 28.3. The van der Waals surface area contributed by atoms with Crippen LogP contribution in [0.15, 0.2) is 36.8 Å². The maximum atomic E-state index is 5.78. The van der Waals surface area contributed by atoms with Gasteiger partial charge >= 0.3 is 0 Å². The van der Waals surface area contributed by atoms with Crippen LogP contribution in [0.4, 0.5) is 11.4 Å². The SMILES string of the molecule is CCNc1cccc(N(C)Cc2cn(COCC[Si](C)(C)C)cn2)c1. The van der Waals surface area contributed by atoms with Gasteiger partial charge in [0.2, 0.25) is 0 Å². The molecule has 1 N–H and O–H groups in total. The highest BCUT2D eigenvalue weighted by molar-refractivity contribution is 6.76. The average Bonchev–Trinajstić information content (AvgIpc) is 2.99. The Labute approximate surface area is 153 Å². The van der Waals surface area contributed by atoms with Crippen LogP contribution in [-0.2, 0) is 18.0 Å². The van der Waals surface area contributed by atoms with Crippen LogP contribution >= 0.6 is 0 Å². The molecule has 0 unspecified atom stereocenters. The normalized spacial score (nSPS) is 11.6. The zero-order valence-corrected chi connectivity index (χ0v) is 17.2. The molecule has 2 aromatic rings. The molecule has 0 radical (unpaired) electrons. The van der Waals surface area contributed by atoms with Gasteiger partial charge in [0, 0.05) is 45.8 Å². The van der Waals surface area contributed by atoms with Crippen LogP contribution in [0.25, 0.3) is 0 Å². The second-order valence-corrected chi connectivity index (χ2v) is 13.3. The summed E-state index contributed by atoms with van der Waals surface area (Å²) in [5.41, 5.74) is 3.37. The van der Waals surface area contributed by atoms with E-state index in [0.29, 0.717) is 6.73 Å². The minimum atomic E-state index is -1.02. The smallest absolute Gasteiger partial charge is 0.123 e. The molecule has 0 saturated carbocycles. The molecule has 0 spiro atoms. The van der Waals surface area contributed by atoms with Gasteiger partial charge in [0.25, 0.3) is 0 Å². The van der Waals surface area contributed by atoms with E-state index < -0.39 is 8.07 Å².